The van der Waals surface area contributed by atoms with E-state index in [-0.39, 0.29) is 11.9 Å². The van der Waals surface area contributed by atoms with Crippen LogP contribution in [0.1, 0.15) is 33.1 Å². The predicted molar refractivity (Wildman–Crippen MR) is 80.7 cm³/mol. The number of aliphatic hydroxyl groups is 1. The van der Waals surface area contributed by atoms with Gasteiger partial charge in [0.25, 0.3) is 5.91 Å². The van der Waals surface area contributed by atoms with Gasteiger partial charge < -0.3 is 16.2 Å². The van der Waals surface area contributed by atoms with Crippen molar-refractivity contribution in [2.24, 2.45) is 5.73 Å². The number of aliphatic hydroxyl groups excluding tert-OH is 1. The van der Waals surface area contributed by atoms with Gasteiger partial charge in [0.15, 0.2) is 0 Å². The molecule has 0 heterocycles. The highest BCUT2D eigenvalue weighted by atomic mass is 16.3. The lowest BCUT2D eigenvalue weighted by molar-refractivity contribution is 0.0858. The summed E-state index contributed by atoms with van der Waals surface area (Å²) in [7, 11) is 0. The molecule has 4 nitrogen and oxygen atoms in total. The van der Waals surface area contributed by atoms with E-state index < -0.39 is 6.10 Å². The Bertz CT molecular complexity index is 652. The molecule has 0 spiro atoms. The lowest BCUT2D eigenvalue weighted by Gasteiger charge is -2.18. The third-order valence-corrected chi connectivity index (χ3v) is 3.94. The number of hydrogen-bond donors (Lipinski definition) is 3. The second kappa shape index (κ2) is 5.68. The first-order valence-corrected chi connectivity index (χ1v) is 7.05. The van der Waals surface area contributed by atoms with Crippen LogP contribution in [-0.4, -0.2) is 17.1 Å². The average Bonchev–Trinajstić information content (AvgIpc) is 2.83. The summed E-state index contributed by atoms with van der Waals surface area (Å²) >= 11 is 0. The Labute approximate surface area is 123 Å². The maximum absolute atomic E-state index is 12.3. The summed E-state index contributed by atoms with van der Waals surface area (Å²) in [6.45, 7) is 0.455. The third-order valence-electron chi connectivity index (χ3n) is 3.94. The van der Waals surface area contributed by atoms with Crippen LogP contribution in [0.4, 0.5) is 0 Å². The van der Waals surface area contributed by atoms with Crippen LogP contribution >= 0.6 is 0 Å². The van der Waals surface area contributed by atoms with Crippen LogP contribution in [-0.2, 0) is 13.0 Å². The number of carbonyl (C=O) groups is 1. The largest absolute Gasteiger partial charge is 0.390 e. The number of benzene rings is 2. The molecule has 2 aromatic rings. The van der Waals surface area contributed by atoms with E-state index in [1.807, 2.05) is 36.4 Å². The predicted octanol–water partition coefficient (Wildman–Crippen LogP) is 1.53. The summed E-state index contributed by atoms with van der Waals surface area (Å²) in [6.07, 6.45) is 0.00223. The second-order valence-corrected chi connectivity index (χ2v) is 5.32. The van der Waals surface area contributed by atoms with Gasteiger partial charge >= 0.3 is 0 Å². The van der Waals surface area contributed by atoms with Crippen molar-refractivity contribution < 1.29 is 9.90 Å². The van der Waals surface area contributed by atoms with Crippen molar-refractivity contribution in [2.45, 2.75) is 25.1 Å². The van der Waals surface area contributed by atoms with Crippen LogP contribution in [0.15, 0.2) is 48.5 Å². The molecule has 4 N–H and O–H groups in total. The Morgan fingerprint density at radius 1 is 1.19 bits per heavy atom. The number of carbonyl (C=O) groups excluding carboxylic acids is 1. The van der Waals surface area contributed by atoms with Crippen LogP contribution in [0.25, 0.3) is 0 Å². The number of nitrogens with two attached hydrogens (primary N) is 1. The number of rotatable bonds is 3. The van der Waals surface area contributed by atoms with Crippen molar-refractivity contribution >= 4 is 5.91 Å². The van der Waals surface area contributed by atoms with E-state index in [0.717, 1.165) is 16.7 Å². The SMILES string of the molecule is NCc1ccc(C(=O)N[C@H]2c3ccccc3C[C@H]2O)cc1. The Kier molecular flexibility index (Phi) is 3.73. The molecule has 0 saturated carbocycles. The standard InChI is InChI=1S/C17H18N2O2/c18-10-11-5-7-12(8-6-11)17(21)19-16-14-4-2-1-3-13(14)9-15(16)20/h1-8,15-16,20H,9-10,18H2,(H,19,21)/t15-,16+/m1/s1. The van der Waals surface area contributed by atoms with E-state index in [9.17, 15) is 9.90 Å². The summed E-state index contributed by atoms with van der Waals surface area (Å²) in [5.41, 5.74) is 9.19. The Hall–Kier alpha value is -2.17. The van der Waals surface area contributed by atoms with Gasteiger partial charge in [0.1, 0.15) is 0 Å². The number of fused-ring (bicyclic) bond motifs is 1. The van der Waals surface area contributed by atoms with Gasteiger partial charge in [-0.3, -0.25) is 4.79 Å². The minimum Gasteiger partial charge on any atom is -0.390 e. The quantitative estimate of drug-likeness (QED) is 0.799. The van der Waals surface area contributed by atoms with Gasteiger partial charge in [-0.1, -0.05) is 36.4 Å². The molecule has 4 heteroatoms. The molecular formula is C17H18N2O2. The minimum absolute atomic E-state index is 0.181. The molecule has 0 saturated heterocycles. The molecular weight excluding hydrogens is 264 g/mol. The molecule has 0 fully saturated rings. The monoisotopic (exact) mass is 282 g/mol. The summed E-state index contributed by atoms with van der Waals surface area (Å²) in [6, 6.07) is 14.7. The molecule has 0 unspecified atom stereocenters. The van der Waals surface area contributed by atoms with Gasteiger partial charge in [-0.05, 0) is 28.8 Å². The normalized spacial score (nSPS) is 20.1. The van der Waals surface area contributed by atoms with Crippen molar-refractivity contribution in [3.05, 3.63) is 70.8 Å². The van der Waals surface area contributed by atoms with Crippen molar-refractivity contribution in [3.63, 3.8) is 0 Å². The number of hydrogen-bond acceptors (Lipinski definition) is 3. The molecule has 0 radical (unpaired) electrons. The van der Waals surface area contributed by atoms with Crippen LogP contribution in [0.2, 0.25) is 0 Å². The Balaban J connectivity index is 1.78. The van der Waals surface area contributed by atoms with Gasteiger partial charge in [0.05, 0.1) is 12.1 Å². The fraction of sp³-hybridized carbons (Fsp3) is 0.235. The fourth-order valence-electron chi connectivity index (χ4n) is 2.76. The molecule has 0 aliphatic heterocycles. The second-order valence-electron chi connectivity index (χ2n) is 5.32. The van der Waals surface area contributed by atoms with Crippen molar-refractivity contribution in [1.82, 2.24) is 5.32 Å². The number of nitrogens with one attached hydrogen (secondary N) is 1. The average molecular weight is 282 g/mol. The van der Waals surface area contributed by atoms with Gasteiger partial charge in [0.2, 0.25) is 0 Å². The first kappa shape index (κ1) is 13.8. The zero-order valence-corrected chi connectivity index (χ0v) is 11.6. The summed E-state index contributed by atoms with van der Waals surface area (Å²) in [4.78, 5) is 12.3. The van der Waals surface area contributed by atoms with Crippen LogP contribution in [0, 0.1) is 0 Å². The molecule has 1 aliphatic carbocycles. The van der Waals surface area contributed by atoms with E-state index in [1.165, 1.54) is 0 Å². The van der Waals surface area contributed by atoms with E-state index >= 15 is 0 Å². The number of amides is 1. The first-order chi connectivity index (χ1) is 10.2. The highest BCUT2D eigenvalue weighted by Crippen LogP contribution is 2.31. The zero-order chi connectivity index (χ0) is 14.8. The van der Waals surface area contributed by atoms with E-state index in [4.69, 9.17) is 5.73 Å². The maximum Gasteiger partial charge on any atom is 0.251 e. The minimum atomic E-state index is -0.574. The van der Waals surface area contributed by atoms with Crippen molar-refractivity contribution in [3.8, 4) is 0 Å². The fourth-order valence-corrected chi connectivity index (χ4v) is 2.76. The van der Waals surface area contributed by atoms with E-state index in [0.29, 0.717) is 18.5 Å². The zero-order valence-electron chi connectivity index (χ0n) is 11.6. The van der Waals surface area contributed by atoms with Gasteiger partial charge in [-0.25, -0.2) is 0 Å². The van der Waals surface area contributed by atoms with Gasteiger partial charge in [-0.15, -0.1) is 0 Å². The summed E-state index contributed by atoms with van der Waals surface area (Å²) in [5.74, 6) is -0.181. The smallest absolute Gasteiger partial charge is 0.251 e. The van der Waals surface area contributed by atoms with Gasteiger partial charge in [-0.2, -0.15) is 0 Å². The lowest BCUT2D eigenvalue weighted by atomic mass is 10.1. The molecule has 0 bridgehead atoms. The van der Waals surface area contributed by atoms with Crippen molar-refractivity contribution in [1.29, 1.82) is 0 Å². The lowest BCUT2D eigenvalue weighted by Crippen LogP contribution is -2.33. The molecule has 1 amide bonds. The Morgan fingerprint density at radius 3 is 2.62 bits per heavy atom. The molecule has 0 aromatic heterocycles. The van der Waals surface area contributed by atoms with E-state index in [1.54, 1.807) is 12.1 Å². The van der Waals surface area contributed by atoms with Crippen LogP contribution < -0.4 is 11.1 Å². The topological polar surface area (TPSA) is 75.4 Å². The van der Waals surface area contributed by atoms with Crippen molar-refractivity contribution in [2.75, 3.05) is 0 Å². The molecule has 2 aromatic carbocycles. The molecule has 108 valence electrons. The maximum atomic E-state index is 12.3. The highest BCUT2D eigenvalue weighted by molar-refractivity contribution is 5.94. The highest BCUT2D eigenvalue weighted by Gasteiger charge is 2.31. The first-order valence-electron chi connectivity index (χ1n) is 7.05. The van der Waals surface area contributed by atoms with Crippen LogP contribution in [0.5, 0.6) is 0 Å². The Morgan fingerprint density at radius 2 is 1.90 bits per heavy atom. The third kappa shape index (κ3) is 2.68. The molecule has 3 rings (SSSR count). The summed E-state index contributed by atoms with van der Waals surface area (Å²) in [5, 5.41) is 13.1. The summed E-state index contributed by atoms with van der Waals surface area (Å²) < 4.78 is 0. The molecule has 2 atom stereocenters. The van der Waals surface area contributed by atoms with Crippen LogP contribution in [0.3, 0.4) is 0 Å². The molecule has 21 heavy (non-hydrogen) atoms. The van der Waals surface area contributed by atoms with E-state index in [2.05, 4.69) is 5.32 Å². The molecule has 1 aliphatic rings. The van der Waals surface area contributed by atoms with Gasteiger partial charge in [0, 0.05) is 18.5 Å².